The second-order valence-electron chi connectivity index (χ2n) is 3.68. The summed E-state index contributed by atoms with van der Waals surface area (Å²) in [6.45, 7) is 4.79. The predicted octanol–water partition coefficient (Wildman–Crippen LogP) is 1.31. The Hall–Kier alpha value is -0.820. The summed E-state index contributed by atoms with van der Waals surface area (Å²) in [5.74, 6) is 0. The molecule has 0 aliphatic carbocycles. The molecule has 1 N–H and O–H groups in total. The average molecular weight is 162 g/mol. The lowest BCUT2D eigenvalue weighted by Crippen LogP contribution is -3.04. The van der Waals surface area contributed by atoms with E-state index in [0.29, 0.717) is 0 Å². The first-order valence-electron chi connectivity index (χ1n) is 4.78. The number of hydrogen-bond acceptors (Lipinski definition) is 0. The predicted molar refractivity (Wildman–Crippen MR) is 50.8 cm³/mol. The van der Waals surface area contributed by atoms with E-state index in [0.717, 1.165) is 0 Å². The number of rotatable bonds is 1. The van der Waals surface area contributed by atoms with Crippen LogP contribution in [0, 0.1) is 6.92 Å². The van der Waals surface area contributed by atoms with Crippen LogP contribution in [0.1, 0.15) is 18.4 Å². The van der Waals surface area contributed by atoms with Crippen molar-refractivity contribution in [1.29, 1.82) is 0 Å². The SMILES string of the molecule is Cc1ccc([NH+]2CCCC2)cc1. The van der Waals surface area contributed by atoms with Crippen molar-refractivity contribution < 1.29 is 4.90 Å². The van der Waals surface area contributed by atoms with E-state index < -0.39 is 0 Å². The zero-order chi connectivity index (χ0) is 8.39. The van der Waals surface area contributed by atoms with Crippen LogP contribution in [0.5, 0.6) is 0 Å². The number of benzene rings is 1. The Labute approximate surface area is 74.0 Å². The lowest BCUT2D eigenvalue weighted by molar-refractivity contribution is -0.818. The Morgan fingerprint density at radius 2 is 1.58 bits per heavy atom. The molecule has 0 spiro atoms. The minimum absolute atomic E-state index is 1.32. The Bertz CT molecular complexity index is 244. The second kappa shape index (κ2) is 3.28. The van der Waals surface area contributed by atoms with Gasteiger partial charge in [0.25, 0.3) is 0 Å². The Kier molecular flexibility index (Phi) is 2.13. The van der Waals surface area contributed by atoms with Gasteiger partial charge in [-0.2, -0.15) is 0 Å². The van der Waals surface area contributed by atoms with Crippen LogP contribution in [0.25, 0.3) is 0 Å². The van der Waals surface area contributed by atoms with Gasteiger partial charge in [-0.1, -0.05) is 17.7 Å². The second-order valence-corrected chi connectivity index (χ2v) is 3.68. The van der Waals surface area contributed by atoms with Crippen LogP contribution in [-0.4, -0.2) is 13.1 Å². The van der Waals surface area contributed by atoms with Gasteiger partial charge in [-0.05, 0) is 19.1 Å². The maximum Gasteiger partial charge on any atom is 0.131 e. The van der Waals surface area contributed by atoms with Crippen LogP contribution in [-0.2, 0) is 0 Å². The fourth-order valence-corrected chi connectivity index (χ4v) is 1.88. The summed E-state index contributed by atoms with van der Waals surface area (Å²) in [7, 11) is 0. The minimum atomic E-state index is 1.32. The summed E-state index contributed by atoms with van der Waals surface area (Å²) in [5, 5.41) is 0. The molecule has 0 amide bonds. The first-order chi connectivity index (χ1) is 5.86. The van der Waals surface area contributed by atoms with E-state index >= 15 is 0 Å². The normalized spacial score (nSPS) is 18.4. The quantitative estimate of drug-likeness (QED) is 0.635. The molecule has 1 heteroatoms. The van der Waals surface area contributed by atoms with E-state index in [1.165, 1.54) is 37.2 Å². The Balaban J connectivity index is 2.17. The molecule has 1 aromatic rings. The Morgan fingerprint density at radius 1 is 1.00 bits per heavy atom. The molecule has 1 aliphatic heterocycles. The molecular weight excluding hydrogens is 146 g/mol. The highest BCUT2D eigenvalue weighted by Crippen LogP contribution is 2.05. The lowest BCUT2D eigenvalue weighted by atomic mass is 10.2. The van der Waals surface area contributed by atoms with Gasteiger partial charge >= 0.3 is 0 Å². The zero-order valence-corrected chi connectivity index (χ0v) is 7.64. The van der Waals surface area contributed by atoms with Crippen molar-refractivity contribution in [3.05, 3.63) is 29.8 Å². The molecule has 1 fully saturated rings. The summed E-state index contributed by atoms with van der Waals surface area (Å²) in [4.78, 5) is 1.66. The molecule has 1 aromatic carbocycles. The first kappa shape index (κ1) is 7.81. The summed E-state index contributed by atoms with van der Waals surface area (Å²) < 4.78 is 0. The van der Waals surface area contributed by atoms with E-state index in [-0.39, 0.29) is 0 Å². The van der Waals surface area contributed by atoms with Gasteiger partial charge in [0.2, 0.25) is 0 Å². The largest absolute Gasteiger partial charge is 0.302 e. The monoisotopic (exact) mass is 162 g/mol. The summed E-state index contributed by atoms with van der Waals surface area (Å²) in [5.41, 5.74) is 2.83. The van der Waals surface area contributed by atoms with Crippen molar-refractivity contribution in [2.75, 3.05) is 13.1 Å². The molecular formula is C11H16N+. The highest BCUT2D eigenvalue weighted by atomic mass is 15.1. The minimum Gasteiger partial charge on any atom is -0.302 e. The van der Waals surface area contributed by atoms with Gasteiger partial charge in [0.1, 0.15) is 5.69 Å². The van der Waals surface area contributed by atoms with Crippen molar-refractivity contribution in [2.24, 2.45) is 0 Å². The van der Waals surface area contributed by atoms with Gasteiger partial charge in [-0.25, -0.2) is 0 Å². The molecule has 0 unspecified atom stereocenters. The first-order valence-corrected chi connectivity index (χ1v) is 4.78. The third-order valence-electron chi connectivity index (χ3n) is 2.67. The van der Waals surface area contributed by atoms with E-state index in [9.17, 15) is 0 Å². The summed E-state index contributed by atoms with van der Waals surface area (Å²) >= 11 is 0. The molecule has 1 aliphatic rings. The van der Waals surface area contributed by atoms with Crippen molar-refractivity contribution >= 4 is 5.69 Å². The average Bonchev–Trinajstić information content (AvgIpc) is 2.58. The maximum absolute atomic E-state index is 2.26. The molecule has 1 saturated heterocycles. The standard InChI is InChI=1S/C11H15N/c1-10-4-6-11(7-5-10)12-8-2-3-9-12/h4-7H,2-3,8-9H2,1H3/p+1. The molecule has 0 atom stereocenters. The van der Waals surface area contributed by atoms with Crippen LogP contribution >= 0.6 is 0 Å². The Morgan fingerprint density at radius 3 is 2.17 bits per heavy atom. The highest BCUT2D eigenvalue weighted by Gasteiger charge is 2.16. The molecule has 0 aromatic heterocycles. The summed E-state index contributed by atoms with van der Waals surface area (Å²) in [6.07, 6.45) is 2.78. The molecule has 0 saturated carbocycles. The van der Waals surface area contributed by atoms with Crippen molar-refractivity contribution in [2.45, 2.75) is 19.8 Å². The molecule has 2 rings (SSSR count). The van der Waals surface area contributed by atoms with Crippen LogP contribution in [0.4, 0.5) is 5.69 Å². The fourth-order valence-electron chi connectivity index (χ4n) is 1.88. The molecule has 1 nitrogen and oxygen atoms in total. The molecule has 0 bridgehead atoms. The highest BCUT2D eigenvalue weighted by molar-refractivity contribution is 5.31. The van der Waals surface area contributed by atoms with Crippen molar-refractivity contribution in [3.63, 3.8) is 0 Å². The van der Waals surface area contributed by atoms with E-state index in [4.69, 9.17) is 0 Å². The molecule has 12 heavy (non-hydrogen) atoms. The fraction of sp³-hybridized carbons (Fsp3) is 0.455. The molecule has 0 radical (unpaired) electrons. The van der Waals surface area contributed by atoms with Gasteiger partial charge in [0, 0.05) is 12.8 Å². The third kappa shape index (κ3) is 1.51. The van der Waals surface area contributed by atoms with Crippen molar-refractivity contribution in [1.82, 2.24) is 0 Å². The summed E-state index contributed by atoms with van der Waals surface area (Å²) in [6, 6.07) is 8.94. The molecule has 1 heterocycles. The molecule has 64 valence electrons. The number of quaternary nitrogens is 1. The number of aryl methyl sites for hydroxylation is 1. The van der Waals surface area contributed by atoms with Gasteiger partial charge in [-0.3, -0.25) is 0 Å². The maximum atomic E-state index is 2.26. The van der Waals surface area contributed by atoms with Crippen LogP contribution in [0.2, 0.25) is 0 Å². The van der Waals surface area contributed by atoms with E-state index in [1.54, 1.807) is 4.90 Å². The zero-order valence-electron chi connectivity index (χ0n) is 7.64. The van der Waals surface area contributed by atoms with E-state index in [1.807, 2.05) is 0 Å². The lowest BCUT2D eigenvalue weighted by Gasteiger charge is -2.10. The van der Waals surface area contributed by atoms with Gasteiger partial charge in [0.15, 0.2) is 0 Å². The van der Waals surface area contributed by atoms with Crippen LogP contribution in [0.3, 0.4) is 0 Å². The topological polar surface area (TPSA) is 4.44 Å². The van der Waals surface area contributed by atoms with Gasteiger partial charge in [0.05, 0.1) is 13.1 Å². The number of hydrogen-bond donors (Lipinski definition) is 1. The van der Waals surface area contributed by atoms with Crippen LogP contribution in [0.15, 0.2) is 24.3 Å². The van der Waals surface area contributed by atoms with Gasteiger partial charge < -0.3 is 4.90 Å². The number of nitrogens with one attached hydrogen (secondary N) is 1. The van der Waals surface area contributed by atoms with E-state index in [2.05, 4.69) is 31.2 Å². The van der Waals surface area contributed by atoms with Crippen LogP contribution < -0.4 is 4.90 Å². The van der Waals surface area contributed by atoms with Gasteiger partial charge in [-0.15, -0.1) is 0 Å². The van der Waals surface area contributed by atoms with Crippen molar-refractivity contribution in [3.8, 4) is 0 Å². The third-order valence-corrected chi connectivity index (χ3v) is 2.67. The smallest absolute Gasteiger partial charge is 0.131 e.